The number of nitrogens with one attached hydrogen (secondary N) is 1. The fraction of sp³-hybridized carbons (Fsp3) is 0.423. The molecular formula is C26H31N5O. The van der Waals surface area contributed by atoms with E-state index in [-0.39, 0.29) is 11.8 Å². The number of pyridine rings is 1. The van der Waals surface area contributed by atoms with Crippen LogP contribution in [-0.2, 0) is 17.6 Å². The second-order valence-electron chi connectivity index (χ2n) is 8.97. The van der Waals surface area contributed by atoms with Gasteiger partial charge in [-0.05, 0) is 50.5 Å². The van der Waals surface area contributed by atoms with Crippen LogP contribution in [0.25, 0.3) is 11.3 Å². The van der Waals surface area contributed by atoms with Crippen LogP contribution in [0, 0.1) is 12.8 Å². The number of aryl methyl sites for hydroxylation is 2. The van der Waals surface area contributed by atoms with Crippen molar-refractivity contribution >= 4 is 17.4 Å². The number of nitrogens with zero attached hydrogens (tertiary/aromatic N) is 4. The average Bonchev–Trinajstić information content (AvgIpc) is 3.17. The Labute approximate surface area is 189 Å². The Balaban J connectivity index is 1.38. The van der Waals surface area contributed by atoms with Crippen molar-refractivity contribution in [2.45, 2.75) is 46.0 Å². The molecule has 0 saturated carbocycles. The highest BCUT2D eigenvalue weighted by Gasteiger charge is 2.33. The summed E-state index contributed by atoms with van der Waals surface area (Å²) in [6.45, 7) is 6.69. The summed E-state index contributed by atoms with van der Waals surface area (Å²) in [5.41, 5.74) is 5.44. The molecule has 32 heavy (non-hydrogen) atoms. The van der Waals surface area contributed by atoms with Crippen molar-refractivity contribution in [1.29, 1.82) is 0 Å². The Kier molecular flexibility index (Phi) is 5.68. The SMILES string of the molecule is CCCc1nc2c([nH]1)CCN(C(=O)C1CCN(c3ccccn3)CC1)c1ccc(C)cc1-2. The van der Waals surface area contributed by atoms with E-state index in [2.05, 4.69) is 46.9 Å². The predicted octanol–water partition coefficient (Wildman–Crippen LogP) is 4.54. The molecule has 0 bridgehead atoms. The standard InChI is InChI=1S/C26H31N5O/c1-3-6-23-28-21-12-16-31(22-9-8-18(2)17-20(22)25(21)29-23)26(32)19-10-14-30(15-11-19)24-7-4-5-13-27-24/h4-5,7-9,13,17,19H,3,6,10-12,14-16H2,1-2H3,(H,28,29). The molecule has 4 heterocycles. The Morgan fingerprint density at radius 1 is 1.16 bits per heavy atom. The zero-order chi connectivity index (χ0) is 22.1. The molecule has 0 aliphatic carbocycles. The summed E-state index contributed by atoms with van der Waals surface area (Å²) in [6.07, 6.45) is 6.37. The highest BCUT2D eigenvalue weighted by molar-refractivity contribution is 5.99. The maximum Gasteiger partial charge on any atom is 0.230 e. The van der Waals surface area contributed by atoms with Gasteiger partial charge in [0, 0.05) is 55.8 Å². The molecule has 6 nitrogen and oxygen atoms in total. The van der Waals surface area contributed by atoms with Gasteiger partial charge in [-0.2, -0.15) is 0 Å². The van der Waals surface area contributed by atoms with Crippen molar-refractivity contribution < 1.29 is 4.79 Å². The lowest BCUT2D eigenvalue weighted by Gasteiger charge is -2.35. The maximum absolute atomic E-state index is 13.7. The van der Waals surface area contributed by atoms with Crippen molar-refractivity contribution in [3.8, 4) is 11.3 Å². The van der Waals surface area contributed by atoms with Crippen molar-refractivity contribution in [2.75, 3.05) is 29.4 Å². The molecule has 2 aliphatic heterocycles. The van der Waals surface area contributed by atoms with E-state index < -0.39 is 0 Å². The van der Waals surface area contributed by atoms with E-state index in [1.165, 1.54) is 5.56 Å². The minimum absolute atomic E-state index is 0.0455. The quantitative estimate of drug-likeness (QED) is 0.661. The number of rotatable bonds is 4. The van der Waals surface area contributed by atoms with Crippen LogP contribution in [0.1, 0.15) is 43.3 Å². The number of amides is 1. The lowest BCUT2D eigenvalue weighted by atomic mass is 9.94. The zero-order valence-electron chi connectivity index (χ0n) is 19.0. The molecule has 5 rings (SSSR count). The molecule has 2 aromatic heterocycles. The first kappa shape index (κ1) is 20.7. The molecule has 0 atom stereocenters. The van der Waals surface area contributed by atoms with Crippen LogP contribution < -0.4 is 9.80 Å². The highest BCUT2D eigenvalue weighted by Crippen LogP contribution is 2.37. The number of hydrogen-bond acceptors (Lipinski definition) is 4. The summed E-state index contributed by atoms with van der Waals surface area (Å²) in [5.74, 6) is 2.34. The second-order valence-corrected chi connectivity index (χ2v) is 8.97. The third-order valence-corrected chi connectivity index (χ3v) is 6.68. The molecule has 1 N–H and O–H groups in total. The molecule has 1 aromatic carbocycles. The first-order valence-corrected chi connectivity index (χ1v) is 11.8. The predicted molar refractivity (Wildman–Crippen MR) is 128 cm³/mol. The molecule has 166 valence electrons. The number of aromatic amines is 1. The summed E-state index contributed by atoms with van der Waals surface area (Å²) in [5, 5.41) is 0. The third-order valence-electron chi connectivity index (χ3n) is 6.68. The number of imidazole rings is 1. The lowest BCUT2D eigenvalue weighted by Crippen LogP contribution is -2.43. The van der Waals surface area contributed by atoms with Crippen molar-refractivity contribution in [1.82, 2.24) is 15.0 Å². The van der Waals surface area contributed by atoms with E-state index in [0.717, 1.165) is 79.5 Å². The molecule has 3 aromatic rings. The van der Waals surface area contributed by atoms with Gasteiger partial charge in [0.2, 0.25) is 5.91 Å². The van der Waals surface area contributed by atoms with Gasteiger partial charge < -0.3 is 14.8 Å². The minimum Gasteiger partial charge on any atom is -0.357 e. The number of carbonyl (C=O) groups excluding carboxylic acids is 1. The van der Waals surface area contributed by atoms with Crippen LogP contribution in [0.15, 0.2) is 42.6 Å². The summed E-state index contributed by atoms with van der Waals surface area (Å²) >= 11 is 0. The Hall–Kier alpha value is -3.15. The Morgan fingerprint density at radius 2 is 2.00 bits per heavy atom. The number of anilines is 2. The lowest BCUT2D eigenvalue weighted by molar-refractivity contribution is -0.123. The van der Waals surface area contributed by atoms with Crippen LogP contribution in [0.4, 0.5) is 11.5 Å². The summed E-state index contributed by atoms with van der Waals surface area (Å²) < 4.78 is 0. The number of carbonyl (C=O) groups is 1. The van der Waals surface area contributed by atoms with Gasteiger partial charge in [0.1, 0.15) is 11.6 Å². The Morgan fingerprint density at radius 3 is 2.75 bits per heavy atom. The first-order chi connectivity index (χ1) is 15.6. The fourth-order valence-corrected chi connectivity index (χ4v) is 4.99. The largest absolute Gasteiger partial charge is 0.357 e. The first-order valence-electron chi connectivity index (χ1n) is 11.8. The van der Waals surface area contributed by atoms with E-state index in [4.69, 9.17) is 4.98 Å². The molecule has 0 spiro atoms. The van der Waals surface area contributed by atoms with Crippen molar-refractivity contribution in [2.24, 2.45) is 5.92 Å². The van der Waals surface area contributed by atoms with Gasteiger partial charge in [-0.25, -0.2) is 9.97 Å². The molecule has 6 heteroatoms. The van der Waals surface area contributed by atoms with Gasteiger partial charge in [0.25, 0.3) is 0 Å². The normalized spacial score (nSPS) is 16.4. The van der Waals surface area contributed by atoms with Crippen molar-refractivity contribution in [3.05, 3.63) is 59.7 Å². The fourth-order valence-electron chi connectivity index (χ4n) is 4.99. The summed E-state index contributed by atoms with van der Waals surface area (Å²) in [7, 11) is 0. The van der Waals surface area contributed by atoms with Crippen LogP contribution in [-0.4, -0.2) is 40.5 Å². The number of fused-ring (bicyclic) bond motifs is 3. The number of piperidine rings is 1. The molecule has 1 fully saturated rings. The van der Waals surface area contributed by atoms with Gasteiger partial charge in [-0.3, -0.25) is 4.79 Å². The van der Waals surface area contributed by atoms with Gasteiger partial charge in [0.05, 0.1) is 11.4 Å². The zero-order valence-corrected chi connectivity index (χ0v) is 19.0. The number of hydrogen-bond donors (Lipinski definition) is 1. The molecule has 0 radical (unpaired) electrons. The van der Waals surface area contributed by atoms with Gasteiger partial charge in [-0.15, -0.1) is 0 Å². The smallest absolute Gasteiger partial charge is 0.230 e. The van der Waals surface area contributed by atoms with Crippen LogP contribution in [0.2, 0.25) is 0 Å². The number of benzene rings is 1. The molecule has 1 amide bonds. The van der Waals surface area contributed by atoms with E-state index in [0.29, 0.717) is 6.54 Å². The number of aromatic nitrogens is 3. The topological polar surface area (TPSA) is 65.1 Å². The van der Waals surface area contributed by atoms with Crippen LogP contribution in [0.5, 0.6) is 0 Å². The number of H-pyrrole nitrogens is 1. The Bertz CT molecular complexity index is 1100. The van der Waals surface area contributed by atoms with Gasteiger partial charge in [-0.1, -0.05) is 24.6 Å². The molecule has 1 saturated heterocycles. The average molecular weight is 430 g/mol. The van der Waals surface area contributed by atoms with E-state index >= 15 is 0 Å². The van der Waals surface area contributed by atoms with E-state index in [9.17, 15) is 4.79 Å². The second kappa shape index (κ2) is 8.77. The monoisotopic (exact) mass is 429 g/mol. The summed E-state index contributed by atoms with van der Waals surface area (Å²) in [6, 6.07) is 12.4. The van der Waals surface area contributed by atoms with E-state index in [1.807, 2.05) is 29.3 Å². The molecular weight excluding hydrogens is 398 g/mol. The van der Waals surface area contributed by atoms with Crippen LogP contribution >= 0.6 is 0 Å². The summed E-state index contributed by atoms with van der Waals surface area (Å²) in [4.78, 5) is 30.9. The third kappa shape index (κ3) is 3.90. The molecule has 2 aliphatic rings. The van der Waals surface area contributed by atoms with Crippen LogP contribution in [0.3, 0.4) is 0 Å². The van der Waals surface area contributed by atoms with Gasteiger partial charge >= 0.3 is 0 Å². The maximum atomic E-state index is 13.7. The minimum atomic E-state index is 0.0455. The van der Waals surface area contributed by atoms with E-state index in [1.54, 1.807) is 0 Å². The van der Waals surface area contributed by atoms with Gasteiger partial charge in [0.15, 0.2) is 0 Å². The highest BCUT2D eigenvalue weighted by atomic mass is 16.2. The molecule has 0 unspecified atom stereocenters. The van der Waals surface area contributed by atoms with Crippen molar-refractivity contribution in [3.63, 3.8) is 0 Å².